The predicted molar refractivity (Wildman–Crippen MR) is 390 cm³/mol. The summed E-state index contributed by atoms with van der Waals surface area (Å²) in [5.74, 6) is -2.20. The fraction of sp³-hybridized carbons (Fsp3) is 0.818. The summed E-state index contributed by atoms with van der Waals surface area (Å²) in [5.41, 5.74) is 0. The van der Waals surface area contributed by atoms with E-state index in [2.05, 4.69) is 88.5 Å². The number of phosphoric acid groups is 2. The molecule has 0 bridgehead atoms. The standard InChI is InChI=1S/C77H140O17P2/c1-5-9-13-17-21-25-29-33-35-39-41-45-49-53-57-61-74(79)87-67-72(93-76(81)63-59-55-51-47-43-37-31-27-23-19-15-11-7-3)69-91-95(83,84)89-65-71(78)66-90-96(85,86)92-70-73(94-77(82)64-60-56-52-48-44-38-32-28-24-20-16-12-8-4)68-88-75(80)62-58-54-50-46-42-40-36-34-30-26-22-18-14-10-6-2/h9,13,21,25,27,31,33,35,41,45,71-73,78H,5-8,10-12,14-20,22-24,26,28-30,32,34,36-40,42-44,46-70H2,1-4H3,(H,83,84)(H,85,86)/b13-9-,25-21-,31-27-,35-33-,45-41-. The Bertz CT molecular complexity index is 2060. The lowest BCUT2D eigenvalue weighted by Gasteiger charge is -2.21. The molecule has 0 aromatic heterocycles. The number of carbonyl (C=O) groups is 4. The number of hydrogen-bond donors (Lipinski definition) is 3. The molecule has 17 nitrogen and oxygen atoms in total. The smallest absolute Gasteiger partial charge is 0.462 e. The van der Waals surface area contributed by atoms with Crippen LogP contribution in [0.2, 0.25) is 0 Å². The van der Waals surface area contributed by atoms with Gasteiger partial charge in [-0.05, 0) is 89.9 Å². The number of hydrogen-bond acceptors (Lipinski definition) is 15. The van der Waals surface area contributed by atoms with Crippen LogP contribution in [0.25, 0.3) is 0 Å². The largest absolute Gasteiger partial charge is 0.472 e. The average Bonchev–Trinajstić information content (AvgIpc) is 1.14. The molecule has 5 unspecified atom stereocenters. The second-order valence-electron chi connectivity index (χ2n) is 25.9. The number of carbonyl (C=O) groups excluding carboxylic acids is 4. The zero-order valence-corrected chi connectivity index (χ0v) is 62.8. The van der Waals surface area contributed by atoms with Crippen LogP contribution in [0.5, 0.6) is 0 Å². The van der Waals surface area contributed by atoms with E-state index in [4.69, 9.17) is 37.0 Å². The lowest BCUT2D eigenvalue weighted by atomic mass is 10.0. The van der Waals surface area contributed by atoms with Gasteiger partial charge in [-0.15, -0.1) is 0 Å². The molecular weight excluding hydrogens is 1260 g/mol. The van der Waals surface area contributed by atoms with Gasteiger partial charge in [0.25, 0.3) is 0 Å². The lowest BCUT2D eigenvalue weighted by Crippen LogP contribution is -2.30. The summed E-state index contributed by atoms with van der Waals surface area (Å²) in [5, 5.41) is 10.6. The van der Waals surface area contributed by atoms with Crippen molar-refractivity contribution in [3.8, 4) is 0 Å². The molecule has 560 valence electrons. The summed E-state index contributed by atoms with van der Waals surface area (Å²) < 4.78 is 68.4. The minimum absolute atomic E-state index is 0.0791. The number of aliphatic hydroxyl groups excluding tert-OH is 1. The van der Waals surface area contributed by atoms with Crippen LogP contribution in [0.1, 0.15) is 349 Å². The van der Waals surface area contributed by atoms with Crippen LogP contribution >= 0.6 is 15.6 Å². The molecule has 0 heterocycles. The fourth-order valence-electron chi connectivity index (χ4n) is 10.6. The molecular formula is C77H140O17P2. The fourth-order valence-corrected chi connectivity index (χ4v) is 12.2. The SMILES string of the molecule is CC/C=C\C/C=C\C/C=C\C/C=C\CCCCC(=O)OCC(COP(=O)(O)OCC(O)COP(=O)(O)OCC(COC(=O)CCCCCCCCCCCCCCCCC)OC(=O)CCCCCCCCCCCCCCC)OC(=O)CCCCCCC/C=C\CCCCCC. The third-order valence-corrected chi connectivity index (χ3v) is 18.4. The molecule has 0 aliphatic rings. The maximum atomic E-state index is 13.1. The molecule has 0 aliphatic carbocycles. The highest BCUT2D eigenvalue weighted by molar-refractivity contribution is 7.47. The number of aliphatic hydroxyl groups is 1. The lowest BCUT2D eigenvalue weighted by molar-refractivity contribution is -0.161. The van der Waals surface area contributed by atoms with Gasteiger partial charge in [0.1, 0.15) is 19.3 Å². The van der Waals surface area contributed by atoms with Crippen molar-refractivity contribution in [3.05, 3.63) is 60.8 Å². The number of rotatable bonds is 73. The molecule has 0 aromatic rings. The Kier molecular flexibility index (Phi) is 67.8. The van der Waals surface area contributed by atoms with Crippen LogP contribution in [0, 0.1) is 0 Å². The molecule has 0 fully saturated rings. The van der Waals surface area contributed by atoms with Gasteiger partial charge in [0.15, 0.2) is 12.2 Å². The van der Waals surface area contributed by atoms with Crippen LogP contribution in [0.15, 0.2) is 60.8 Å². The minimum atomic E-state index is -4.98. The molecule has 0 aliphatic heterocycles. The second-order valence-corrected chi connectivity index (χ2v) is 28.8. The van der Waals surface area contributed by atoms with Crippen molar-refractivity contribution in [1.29, 1.82) is 0 Å². The Balaban J connectivity index is 5.33. The summed E-state index contributed by atoms with van der Waals surface area (Å²) in [6, 6.07) is 0. The number of esters is 4. The topological polar surface area (TPSA) is 237 Å². The number of allylic oxidation sites excluding steroid dienone is 10. The monoisotopic (exact) mass is 1400 g/mol. The molecule has 0 amide bonds. The highest BCUT2D eigenvalue weighted by Crippen LogP contribution is 2.45. The Labute approximate surface area is 584 Å². The summed E-state index contributed by atoms with van der Waals surface area (Å²) in [6.07, 6.45) is 67.8. The number of ether oxygens (including phenoxy) is 4. The van der Waals surface area contributed by atoms with Gasteiger partial charge in [0, 0.05) is 25.7 Å². The van der Waals surface area contributed by atoms with E-state index in [0.717, 1.165) is 122 Å². The van der Waals surface area contributed by atoms with Crippen molar-refractivity contribution in [1.82, 2.24) is 0 Å². The maximum absolute atomic E-state index is 13.1. The van der Waals surface area contributed by atoms with Crippen LogP contribution in [-0.4, -0.2) is 96.7 Å². The normalized spacial score (nSPS) is 14.3. The molecule has 0 aromatic carbocycles. The molecule has 3 N–H and O–H groups in total. The van der Waals surface area contributed by atoms with Crippen LogP contribution < -0.4 is 0 Å². The van der Waals surface area contributed by atoms with Crippen molar-refractivity contribution in [3.63, 3.8) is 0 Å². The van der Waals surface area contributed by atoms with Crippen molar-refractivity contribution in [2.75, 3.05) is 39.6 Å². The zero-order valence-electron chi connectivity index (χ0n) is 61.1. The Morgan fingerprint density at radius 1 is 0.302 bits per heavy atom. The molecule has 0 spiro atoms. The van der Waals surface area contributed by atoms with E-state index in [9.17, 15) is 43.2 Å². The summed E-state index contributed by atoms with van der Waals surface area (Å²) >= 11 is 0. The Morgan fingerprint density at radius 3 is 0.875 bits per heavy atom. The highest BCUT2D eigenvalue weighted by atomic mass is 31.2. The third kappa shape index (κ3) is 69.2. The van der Waals surface area contributed by atoms with Crippen molar-refractivity contribution < 1.29 is 80.2 Å². The van der Waals surface area contributed by atoms with E-state index >= 15 is 0 Å². The quantitative estimate of drug-likeness (QED) is 0.0169. The van der Waals surface area contributed by atoms with E-state index < -0.39 is 97.5 Å². The minimum Gasteiger partial charge on any atom is -0.462 e. The van der Waals surface area contributed by atoms with Crippen molar-refractivity contribution in [2.24, 2.45) is 0 Å². The van der Waals surface area contributed by atoms with Crippen molar-refractivity contribution >= 4 is 39.5 Å². The van der Waals surface area contributed by atoms with E-state index in [-0.39, 0.29) is 25.7 Å². The third-order valence-electron chi connectivity index (χ3n) is 16.5. The molecule has 0 saturated heterocycles. The first-order chi connectivity index (χ1) is 46.7. The number of phosphoric ester groups is 2. The van der Waals surface area contributed by atoms with Crippen LogP contribution in [0.3, 0.4) is 0 Å². The first-order valence-corrected chi connectivity index (χ1v) is 41.5. The molecule has 0 rings (SSSR count). The van der Waals surface area contributed by atoms with Gasteiger partial charge in [-0.25, -0.2) is 9.13 Å². The summed E-state index contributed by atoms with van der Waals surface area (Å²) in [6.45, 7) is 4.75. The first kappa shape index (κ1) is 92.8. The maximum Gasteiger partial charge on any atom is 0.472 e. The zero-order chi connectivity index (χ0) is 70.4. The van der Waals surface area contributed by atoms with Gasteiger partial charge < -0.3 is 33.8 Å². The van der Waals surface area contributed by atoms with Gasteiger partial charge in [-0.3, -0.25) is 37.3 Å². The Hall–Kier alpha value is -3.24. The molecule has 19 heteroatoms. The van der Waals surface area contributed by atoms with E-state index in [0.29, 0.717) is 25.7 Å². The van der Waals surface area contributed by atoms with E-state index in [1.807, 2.05) is 0 Å². The average molecular weight is 1400 g/mol. The first-order valence-electron chi connectivity index (χ1n) is 38.5. The van der Waals surface area contributed by atoms with Crippen LogP contribution in [-0.2, 0) is 65.4 Å². The predicted octanol–water partition coefficient (Wildman–Crippen LogP) is 21.9. The highest BCUT2D eigenvalue weighted by Gasteiger charge is 2.30. The second kappa shape index (κ2) is 70.2. The van der Waals surface area contributed by atoms with Gasteiger partial charge in [0.2, 0.25) is 0 Å². The molecule has 5 atom stereocenters. The number of unbranched alkanes of at least 4 members (excludes halogenated alkanes) is 37. The Morgan fingerprint density at radius 2 is 0.542 bits per heavy atom. The van der Waals surface area contributed by atoms with Crippen LogP contribution in [0.4, 0.5) is 0 Å². The molecule has 96 heavy (non-hydrogen) atoms. The summed E-state index contributed by atoms with van der Waals surface area (Å²) in [7, 11) is -9.94. The van der Waals surface area contributed by atoms with E-state index in [1.165, 1.54) is 148 Å². The molecule has 0 saturated carbocycles. The van der Waals surface area contributed by atoms with Gasteiger partial charge >= 0.3 is 39.5 Å². The van der Waals surface area contributed by atoms with Gasteiger partial charge in [-0.2, -0.15) is 0 Å². The van der Waals surface area contributed by atoms with E-state index in [1.54, 1.807) is 0 Å². The van der Waals surface area contributed by atoms with Gasteiger partial charge in [-0.1, -0.05) is 294 Å². The van der Waals surface area contributed by atoms with Crippen molar-refractivity contribution in [2.45, 2.75) is 367 Å². The molecule has 0 radical (unpaired) electrons. The summed E-state index contributed by atoms with van der Waals surface area (Å²) in [4.78, 5) is 72.8. The van der Waals surface area contributed by atoms with Gasteiger partial charge in [0.05, 0.1) is 26.4 Å².